The van der Waals surface area contributed by atoms with Gasteiger partial charge in [-0.1, -0.05) is 0 Å². The van der Waals surface area contributed by atoms with Crippen LogP contribution in [0.4, 0.5) is 43.9 Å². The van der Waals surface area contributed by atoms with Crippen molar-refractivity contribution in [1.29, 1.82) is 0 Å². The van der Waals surface area contributed by atoms with E-state index in [4.69, 9.17) is 18.8 Å². The molecule has 0 unspecified atom stereocenters. The highest BCUT2D eigenvalue weighted by Gasteiger charge is 2.33. The molecule has 0 aliphatic carbocycles. The third kappa shape index (κ3) is 8.26. The van der Waals surface area contributed by atoms with Crippen LogP contribution in [0.2, 0.25) is 0 Å². The summed E-state index contributed by atoms with van der Waals surface area (Å²) in [5, 5.41) is 0. The van der Waals surface area contributed by atoms with Gasteiger partial charge in [0.05, 0.1) is 11.1 Å². The van der Waals surface area contributed by atoms with E-state index in [9.17, 15) is 43.9 Å². The molecule has 0 aliphatic rings. The van der Waals surface area contributed by atoms with Crippen molar-refractivity contribution in [3.05, 3.63) is 118 Å². The van der Waals surface area contributed by atoms with Crippen LogP contribution in [-0.2, 0) is 25.6 Å². The SMILES string of the molecule is Fc1ccc(COc2ccc(C(F)(F)F)cc2O[B]Oc2cc(C(F)(F)F)ccc2OCc2ccc(F)cc2F)c(F)c1. The van der Waals surface area contributed by atoms with E-state index in [1.165, 1.54) is 0 Å². The van der Waals surface area contributed by atoms with Crippen LogP contribution >= 0.6 is 0 Å². The number of alkyl halides is 6. The van der Waals surface area contributed by atoms with Crippen molar-refractivity contribution < 1.29 is 62.7 Å². The van der Waals surface area contributed by atoms with Crippen LogP contribution in [0, 0.1) is 23.3 Å². The summed E-state index contributed by atoms with van der Waals surface area (Å²) in [6.07, 6.45) is -9.67. The molecule has 0 atom stereocenters. The van der Waals surface area contributed by atoms with E-state index < -0.39 is 71.5 Å². The zero-order valence-corrected chi connectivity index (χ0v) is 21.3. The molecule has 0 spiro atoms. The van der Waals surface area contributed by atoms with Gasteiger partial charge in [-0.15, -0.1) is 0 Å². The maximum Gasteiger partial charge on any atom is 0.658 e. The topological polar surface area (TPSA) is 36.9 Å². The van der Waals surface area contributed by atoms with E-state index in [1.54, 1.807) is 0 Å². The molecule has 0 saturated heterocycles. The van der Waals surface area contributed by atoms with E-state index in [2.05, 4.69) is 0 Å². The second-order valence-corrected chi connectivity index (χ2v) is 8.70. The Bertz CT molecular complexity index is 1470. The van der Waals surface area contributed by atoms with Gasteiger partial charge >= 0.3 is 20.0 Å². The Morgan fingerprint density at radius 2 is 0.884 bits per heavy atom. The molecule has 4 aromatic rings. The van der Waals surface area contributed by atoms with Gasteiger partial charge in [0.1, 0.15) is 48.0 Å². The summed E-state index contributed by atoms with van der Waals surface area (Å²) in [5.41, 5.74) is -2.67. The van der Waals surface area contributed by atoms with E-state index in [-0.39, 0.29) is 22.6 Å². The maximum absolute atomic E-state index is 14.0. The lowest BCUT2D eigenvalue weighted by atomic mass is 10.1. The average molecular weight is 617 g/mol. The minimum Gasteiger partial charge on any atom is -0.524 e. The Morgan fingerprint density at radius 3 is 1.23 bits per heavy atom. The molecular formula is C28H16BF10O4. The molecule has 0 aliphatic heterocycles. The predicted octanol–water partition coefficient (Wildman–Crippen LogP) is 8.43. The smallest absolute Gasteiger partial charge is 0.524 e. The Hall–Kier alpha value is -4.56. The number of ether oxygens (including phenoxy) is 2. The van der Waals surface area contributed by atoms with Crippen LogP contribution in [-0.4, -0.2) is 7.69 Å². The van der Waals surface area contributed by atoms with Crippen LogP contribution in [0.5, 0.6) is 23.0 Å². The first-order chi connectivity index (χ1) is 20.2. The van der Waals surface area contributed by atoms with Crippen molar-refractivity contribution >= 4 is 7.69 Å². The highest BCUT2D eigenvalue weighted by Crippen LogP contribution is 2.39. The summed E-state index contributed by atoms with van der Waals surface area (Å²) in [5.74, 6) is -5.67. The van der Waals surface area contributed by atoms with Crippen LogP contribution in [0.15, 0.2) is 72.8 Å². The second kappa shape index (κ2) is 12.8. The fourth-order valence-corrected chi connectivity index (χ4v) is 3.51. The molecule has 0 heterocycles. The molecule has 4 nitrogen and oxygen atoms in total. The van der Waals surface area contributed by atoms with Gasteiger partial charge in [-0.25, -0.2) is 17.6 Å². The number of halogens is 10. The minimum atomic E-state index is -4.84. The number of rotatable bonds is 10. The van der Waals surface area contributed by atoms with Crippen LogP contribution in [0.1, 0.15) is 22.3 Å². The minimum absolute atomic E-state index is 0.143. The summed E-state index contributed by atoms with van der Waals surface area (Å²) in [7, 11) is 0.391. The lowest BCUT2D eigenvalue weighted by molar-refractivity contribution is -0.138. The Balaban J connectivity index is 1.55. The summed E-state index contributed by atoms with van der Waals surface area (Å²) in [6, 6.07) is 9.09. The van der Waals surface area contributed by atoms with E-state index in [0.29, 0.717) is 44.1 Å². The maximum atomic E-state index is 14.0. The standard InChI is InChI=1S/C28H16BF10O4/c30-19-5-1-15(21(32)11-19)13-40-23-7-3-17(27(34,35)36)9-25(23)42-29-43-26-10-18(28(37,38)39)4-8-24(26)41-14-16-2-6-20(31)12-22(16)33/h1-12H,13-14H2. The Kier molecular flexibility index (Phi) is 9.31. The normalized spacial score (nSPS) is 11.7. The van der Waals surface area contributed by atoms with Gasteiger partial charge in [0.2, 0.25) is 0 Å². The zero-order valence-electron chi connectivity index (χ0n) is 21.3. The largest absolute Gasteiger partial charge is 0.658 e. The molecule has 15 heteroatoms. The van der Waals surface area contributed by atoms with Gasteiger partial charge < -0.3 is 18.8 Å². The monoisotopic (exact) mass is 617 g/mol. The van der Waals surface area contributed by atoms with Crippen molar-refractivity contribution in [3.8, 4) is 23.0 Å². The van der Waals surface area contributed by atoms with Gasteiger partial charge in [-0.3, -0.25) is 0 Å². The molecule has 1 radical (unpaired) electrons. The molecule has 4 aromatic carbocycles. The van der Waals surface area contributed by atoms with E-state index in [0.717, 1.165) is 36.4 Å². The average Bonchev–Trinajstić information content (AvgIpc) is 2.92. The molecule has 225 valence electrons. The van der Waals surface area contributed by atoms with Crippen molar-refractivity contribution in [3.63, 3.8) is 0 Å². The summed E-state index contributed by atoms with van der Waals surface area (Å²) in [4.78, 5) is 0. The van der Waals surface area contributed by atoms with Crippen LogP contribution in [0.25, 0.3) is 0 Å². The molecule has 0 amide bonds. The fourth-order valence-electron chi connectivity index (χ4n) is 3.51. The third-order valence-electron chi connectivity index (χ3n) is 5.69. The summed E-state index contributed by atoms with van der Waals surface area (Å²) < 4.78 is 155. The molecule has 4 rings (SSSR count). The van der Waals surface area contributed by atoms with Gasteiger partial charge in [-0.2, -0.15) is 26.3 Å². The van der Waals surface area contributed by atoms with E-state index >= 15 is 0 Å². The quantitative estimate of drug-likeness (QED) is 0.132. The van der Waals surface area contributed by atoms with Crippen molar-refractivity contribution in [2.75, 3.05) is 0 Å². The molecule has 0 N–H and O–H groups in total. The Morgan fingerprint density at radius 1 is 0.488 bits per heavy atom. The van der Waals surface area contributed by atoms with Gasteiger partial charge in [-0.05, 0) is 60.7 Å². The number of hydrogen-bond acceptors (Lipinski definition) is 4. The number of hydrogen-bond donors (Lipinski definition) is 0. The fraction of sp³-hybridized carbons (Fsp3) is 0.143. The molecular weight excluding hydrogens is 601 g/mol. The molecule has 0 bridgehead atoms. The first-order valence-electron chi connectivity index (χ1n) is 11.9. The number of benzene rings is 4. The van der Waals surface area contributed by atoms with Crippen molar-refractivity contribution in [2.24, 2.45) is 0 Å². The Labute approximate surface area is 237 Å². The first kappa shape index (κ1) is 31.4. The molecule has 0 aromatic heterocycles. The van der Waals surface area contributed by atoms with Gasteiger partial charge in [0.25, 0.3) is 0 Å². The molecule has 43 heavy (non-hydrogen) atoms. The lowest BCUT2D eigenvalue weighted by Gasteiger charge is -2.17. The highest BCUT2D eigenvalue weighted by atomic mass is 19.4. The highest BCUT2D eigenvalue weighted by molar-refractivity contribution is 6.21. The zero-order chi connectivity index (χ0) is 31.4. The van der Waals surface area contributed by atoms with Crippen molar-refractivity contribution in [1.82, 2.24) is 0 Å². The van der Waals surface area contributed by atoms with Gasteiger partial charge in [0.15, 0.2) is 11.5 Å². The second-order valence-electron chi connectivity index (χ2n) is 8.70. The molecule has 0 fully saturated rings. The van der Waals surface area contributed by atoms with Gasteiger partial charge in [0, 0.05) is 23.3 Å². The van der Waals surface area contributed by atoms with Crippen molar-refractivity contribution in [2.45, 2.75) is 25.6 Å². The third-order valence-corrected chi connectivity index (χ3v) is 5.69. The summed E-state index contributed by atoms with van der Waals surface area (Å²) in [6.45, 7) is -1.11. The van der Waals surface area contributed by atoms with Crippen LogP contribution < -0.4 is 18.8 Å². The first-order valence-corrected chi connectivity index (χ1v) is 11.9. The predicted molar refractivity (Wildman–Crippen MR) is 131 cm³/mol. The lowest BCUT2D eigenvalue weighted by Crippen LogP contribution is -2.15. The summed E-state index contributed by atoms with van der Waals surface area (Å²) >= 11 is 0. The van der Waals surface area contributed by atoms with E-state index in [1.807, 2.05) is 0 Å². The van der Waals surface area contributed by atoms with Crippen LogP contribution in [0.3, 0.4) is 0 Å². The molecule has 0 saturated carbocycles.